The molecule has 0 spiro atoms. The minimum absolute atomic E-state index is 0.0826. The molecule has 0 radical (unpaired) electrons. The summed E-state index contributed by atoms with van der Waals surface area (Å²) in [6, 6.07) is 14.3. The lowest BCUT2D eigenvalue weighted by molar-refractivity contribution is 0.141. The Bertz CT molecular complexity index is 971. The zero-order valence-electron chi connectivity index (χ0n) is 15.9. The summed E-state index contributed by atoms with van der Waals surface area (Å²) in [5.41, 5.74) is 3.35. The SMILES string of the molecule is CCC(C)CCCC1Cc2ccccc2C1Oc1ccc2oc(=O)sc2c1. The van der Waals surface area contributed by atoms with Gasteiger partial charge in [-0.05, 0) is 42.0 Å². The highest BCUT2D eigenvalue weighted by molar-refractivity contribution is 7.16. The van der Waals surface area contributed by atoms with Crippen LogP contribution in [0.25, 0.3) is 10.3 Å². The van der Waals surface area contributed by atoms with Gasteiger partial charge in [-0.2, -0.15) is 0 Å². The number of ether oxygens (including phenoxy) is 1. The van der Waals surface area contributed by atoms with Crippen LogP contribution in [-0.4, -0.2) is 0 Å². The molecular formula is C23H26O3S. The maximum Gasteiger partial charge on any atom is 0.396 e. The van der Waals surface area contributed by atoms with E-state index in [1.165, 1.54) is 36.8 Å². The normalized spacial score (nSPS) is 19.9. The molecule has 1 aromatic heterocycles. The maximum atomic E-state index is 11.5. The van der Waals surface area contributed by atoms with Crippen molar-refractivity contribution in [2.45, 2.75) is 52.1 Å². The van der Waals surface area contributed by atoms with Gasteiger partial charge in [0.2, 0.25) is 0 Å². The molecule has 0 saturated carbocycles. The molecule has 3 aromatic rings. The topological polar surface area (TPSA) is 39.4 Å². The summed E-state index contributed by atoms with van der Waals surface area (Å²) in [7, 11) is 0. The van der Waals surface area contributed by atoms with Crippen LogP contribution < -0.4 is 9.68 Å². The highest BCUT2D eigenvalue weighted by atomic mass is 32.1. The molecule has 3 nitrogen and oxygen atoms in total. The van der Waals surface area contributed by atoms with Crippen LogP contribution in [0.3, 0.4) is 0 Å². The van der Waals surface area contributed by atoms with Crippen LogP contribution in [-0.2, 0) is 6.42 Å². The molecule has 0 N–H and O–H groups in total. The minimum Gasteiger partial charge on any atom is -0.485 e. The van der Waals surface area contributed by atoms with E-state index in [-0.39, 0.29) is 11.0 Å². The van der Waals surface area contributed by atoms with Gasteiger partial charge in [0.1, 0.15) is 17.4 Å². The maximum absolute atomic E-state index is 11.5. The molecule has 142 valence electrons. The monoisotopic (exact) mass is 382 g/mol. The van der Waals surface area contributed by atoms with Crippen molar-refractivity contribution in [3.05, 3.63) is 63.3 Å². The quantitative estimate of drug-likeness (QED) is 0.477. The number of hydrogen-bond acceptors (Lipinski definition) is 4. The van der Waals surface area contributed by atoms with Gasteiger partial charge in [-0.25, -0.2) is 4.79 Å². The molecule has 3 atom stereocenters. The Balaban J connectivity index is 1.54. The van der Waals surface area contributed by atoms with Gasteiger partial charge in [-0.1, -0.05) is 68.7 Å². The van der Waals surface area contributed by atoms with Gasteiger partial charge in [0, 0.05) is 12.0 Å². The van der Waals surface area contributed by atoms with E-state index in [0.29, 0.717) is 11.5 Å². The summed E-state index contributed by atoms with van der Waals surface area (Å²) in [5.74, 6) is 2.11. The van der Waals surface area contributed by atoms with Crippen molar-refractivity contribution in [3.8, 4) is 5.75 Å². The van der Waals surface area contributed by atoms with Gasteiger partial charge in [0.05, 0.1) is 4.70 Å². The average molecular weight is 383 g/mol. The fraction of sp³-hybridized carbons (Fsp3) is 0.435. The van der Waals surface area contributed by atoms with Crippen LogP contribution in [0.2, 0.25) is 0 Å². The standard InChI is InChI=1S/C23H26O3S/c1-3-15(2)7-6-9-17-13-16-8-4-5-10-19(16)22(17)25-18-11-12-20-21(14-18)27-23(24)26-20/h4-5,8,10-12,14-15,17,22H,3,6-7,9,13H2,1-2H3. The first-order valence-corrected chi connectivity index (χ1v) is 10.7. The van der Waals surface area contributed by atoms with Crippen LogP contribution in [0, 0.1) is 11.8 Å². The van der Waals surface area contributed by atoms with E-state index in [1.807, 2.05) is 18.2 Å². The Kier molecular flexibility index (Phi) is 5.35. The molecule has 0 fully saturated rings. The first kappa shape index (κ1) is 18.3. The highest BCUT2D eigenvalue weighted by Gasteiger charge is 2.33. The lowest BCUT2D eigenvalue weighted by Crippen LogP contribution is -2.15. The third kappa shape index (κ3) is 3.96. The van der Waals surface area contributed by atoms with E-state index in [4.69, 9.17) is 9.15 Å². The molecule has 2 aromatic carbocycles. The van der Waals surface area contributed by atoms with Gasteiger partial charge in [-0.15, -0.1) is 0 Å². The minimum atomic E-state index is -0.267. The Morgan fingerprint density at radius 2 is 2.11 bits per heavy atom. The van der Waals surface area contributed by atoms with Gasteiger partial charge >= 0.3 is 4.94 Å². The molecule has 0 bridgehead atoms. The largest absolute Gasteiger partial charge is 0.485 e. The molecule has 1 heterocycles. The molecule has 0 amide bonds. The molecule has 0 aliphatic heterocycles. The summed E-state index contributed by atoms with van der Waals surface area (Å²) in [5, 5.41) is 0. The third-order valence-corrected chi connectivity index (χ3v) is 6.59. The van der Waals surface area contributed by atoms with Crippen molar-refractivity contribution in [1.82, 2.24) is 0 Å². The Hall–Kier alpha value is -2.07. The van der Waals surface area contributed by atoms with E-state index < -0.39 is 0 Å². The van der Waals surface area contributed by atoms with Crippen molar-refractivity contribution in [1.29, 1.82) is 0 Å². The molecule has 4 heteroatoms. The second kappa shape index (κ2) is 7.89. The zero-order chi connectivity index (χ0) is 18.8. The molecule has 0 saturated heterocycles. The second-order valence-corrected chi connectivity index (χ2v) is 8.69. The molecule has 3 unspecified atom stereocenters. The number of hydrogen-bond donors (Lipinski definition) is 0. The van der Waals surface area contributed by atoms with Gasteiger partial charge in [-0.3, -0.25) is 0 Å². The van der Waals surface area contributed by atoms with E-state index in [0.717, 1.165) is 34.1 Å². The fourth-order valence-corrected chi connectivity index (χ4v) is 4.76. The number of benzene rings is 2. The Morgan fingerprint density at radius 1 is 1.26 bits per heavy atom. The molecule has 1 aliphatic rings. The van der Waals surface area contributed by atoms with Crippen LogP contribution in [0.4, 0.5) is 0 Å². The Labute approximate surface area is 164 Å². The Morgan fingerprint density at radius 3 is 2.96 bits per heavy atom. The van der Waals surface area contributed by atoms with Gasteiger partial charge in [0.25, 0.3) is 0 Å². The molecule has 27 heavy (non-hydrogen) atoms. The van der Waals surface area contributed by atoms with Crippen molar-refractivity contribution in [2.24, 2.45) is 11.8 Å². The van der Waals surface area contributed by atoms with Crippen molar-refractivity contribution in [2.75, 3.05) is 0 Å². The molecule has 1 aliphatic carbocycles. The van der Waals surface area contributed by atoms with Crippen LogP contribution in [0.1, 0.15) is 56.8 Å². The predicted octanol–water partition coefficient (Wildman–Crippen LogP) is 6.36. The lowest BCUT2D eigenvalue weighted by Gasteiger charge is -2.23. The van der Waals surface area contributed by atoms with E-state index in [9.17, 15) is 4.79 Å². The lowest BCUT2D eigenvalue weighted by atomic mass is 9.93. The van der Waals surface area contributed by atoms with Crippen LogP contribution in [0.5, 0.6) is 5.75 Å². The van der Waals surface area contributed by atoms with E-state index in [2.05, 4.69) is 38.1 Å². The first-order valence-electron chi connectivity index (χ1n) is 9.92. The zero-order valence-corrected chi connectivity index (χ0v) is 16.8. The summed E-state index contributed by atoms with van der Waals surface area (Å²) in [6.07, 6.45) is 6.13. The van der Waals surface area contributed by atoms with Gasteiger partial charge in [0.15, 0.2) is 0 Å². The second-order valence-electron chi connectivity index (χ2n) is 7.71. The number of rotatable bonds is 7. The van der Waals surface area contributed by atoms with Crippen molar-refractivity contribution in [3.63, 3.8) is 0 Å². The van der Waals surface area contributed by atoms with Crippen molar-refractivity contribution < 1.29 is 9.15 Å². The summed E-state index contributed by atoms with van der Waals surface area (Å²) in [4.78, 5) is 11.2. The molecular weight excluding hydrogens is 356 g/mol. The third-order valence-electron chi connectivity index (χ3n) is 5.81. The number of fused-ring (bicyclic) bond motifs is 2. The summed E-state index contributed by atoms with van der Waals surface area (Å²) >= 11 is 1.13. The summed E-state index contributed by atoms with van der Waals surface area (Å²) < 4.78 is 12.5. The van der Waals surface area contributed by atoms with Crippen LogP contribution in [0.15, 0.2) is 51.7 Å². The first-order chi connectivity index (χ1) is 13.1. The highest BCUT2D eigenvalue weighted by Crippen LogP contribution is 2.42. The van der Waals surface area contributed by atoms with Gasteiger partial charge < -0.3 is 9.15 Å². The van der Waals surface area contributed by atoms with Crippen molar-refractivity contribution >= 4 is 21.6 Å². The van der Waals surface area contributed by atoms with E-state index in [1.54, 1.807) is 0 Å². The van der Waals surface area contributed by atoms with E-state index >= 15 is 0 Å². The average Bonchev–Trinajstić information content (AvgIpc) is 3.21. The predicted molar refractivity (Wildman–Crippen MR) is 111 cm³/mol. The summed E-state index contributed by atoms with van der Waals surface area (Å²) in [6.45, 7) is 4.60. The fourth-order valence-electron chi connectivity index (χ4n) is 4.06. The smallest absolute Gasteiger partial charge is 0.396 e. The molecule has 4 rings (SSSR count). The van der Waals surface area contributed by atoms with Crippen LogP contribution >= 0.6 is 11.3 Å².